The van der Waals surface area contributed by atoms with Crippen LogP contribution in [-0.2, 0) is 0 Å². The molecule has 0 aliphatic carbocycles. The number of aliphatic hydroxyl groups is 2. The van der Waals surface area contributed by atoms with Crippen LogP contribution in [0, 0.1) is 5.92 Å². The average Bonchev–Trinajstić information content (AvgIpc) is 3.38. The van der Waals surface area contributed by atoms with E-state index in [1.54, 1.807) is 30.6 Å². The Hall–Kier alpha value is -3.46. The molecule has 3 aromatic rings. The zero-order valence-electron chi connectivity index (χ0n) is 17.9. The first-order chi connectivity index (χ1) is 16.0. The molecule has 3 N–H and O–H groups in total. The fraction of sp³-hybridized carbons (Fsp3) is 0.200. The molecule has 8 heteroatoms. The first-order valence-corrected chi connectivity index (χ1v) is 11.0. The highest BCUT2D eigenvalue weighted by Gasteiger charge is 2.15. The Morgan fingerprint density at radius 1 is 1.03 bits per heavy atom. The zero-order valence-corrected chi connectivity index (χ0v) is 18.7. The summed E-state index contributed by atoms with van der Waals surface area (Å²) in [6.45, 7) is -0.367. The predicted octanol–water partition coefficient (Wildman–Crippen LogP) is 4.00. The van der Waals surface area contributed by atoms with Crippen LogP contribution in [0.4, 0.5) is 0 Å². The second-order valence-electron chi connectivity index (χ2n) is 7.19. The van der Waals surface area contributed by atoms with Crippen LogP contribution in [0.3, 0.4) is 0 Å². The third kappa shape index (κ3) is 6.07. The van der Waals surface area contributed by atoms with Gasteiger partial charge in [0.25, 0.3) is 0 Å². The third-order valence-electron chi connectivity index (χ3n) is 4.94. The maximum absolute atomic E-state index is 12.6. The fourth-order valence-corrected chi connectivity index (χ4v) is 3.78. The number of methoxy groups -OCH3 is 1. The Labute approximate surface area is 195 Å². The molecule has 0 spiro atoms. The minimum absolute atomic E-state index is 0.0833. The van der Waals surface area contributed by atoms with Gasteiger partial charge in [0.05, 0.1) is 32.5 Å². The molecule has 0 atom stereocenters. The summed E-state index contributed by atoms with van der Waals surface area (Å²) in [4.78, 5) is 24.6. The van der Waals surface area contributed by atoms with E-state index in [4.69, 9.17) is 14.6 Å². The summed E-state index contributed by atoms with van der Waals surface area (Å²) < 4.78 is 11.4. The minimum atomic E-state index is -1.06. The number of allylic oxidation sites excluding steroid dienone is 1. The molecule has 0 fully saturated rings. The highest BCUT2D eigenvalue weighted by atomic mass is 32.1. The van der Waals surface area contributed by atoms with E-state index in [0.29, 0.717) is 22.6 Å². The Morgan fingerprint density at radius 2 is 1.73 bits per heavy atom. The SMILES string of the molecule is COc1cc(OCC(CO)CO)c(C=CC(=O)c2ccc(C(=O)O)cc2)cc1-c1cccs1. The number of carboxylic acids is 1. The van der Waals surface area contributed by atoms with Gasteiger partial charge in [-0.1, -0.05) is 18.2 Å². The monoisotopic (exact) mass is 468 g/mol. The predicted molar refractivity (Wildman–Crippen MR) is 126 cm³/mol. The van der Waals surface area contributed by atoms with Crippen molar-refractivity contribution in [2.75, 3.05) is 26.9 Å². The summed E-state index contributed by atoms with van der Waals surface area (Å²) in [7, 11) is 1.56. The van der Waals surface area contributed by atoms with Gasteiger partial charge in [0, 0.05) is 33.6 Å². The van der Waals surface area contributed by atoms with Crippen molar-refractivity contribution in [3.63, 3.8) is 0 Å². The van der Waals surface area contributed by atoms with Crippen molar-refractivity contribution < 1.29 is 34.4 Å². The van der Waals surface area contributed by atoms with Crippen LogP contribution in [0.5, 0.6) is 11.5 Å². The lowest BCUT2D eigenvalue weighted by Gasteiger charge is -2.17. The normalized spacial score (nSPS) is 11.2. The van der Waals surface area contributed by atoms with Crippen molar-refractivity contribution >= 4 is 29.2 Å². The van der Waals surface area contributed by atoms with E-state index in [1.807, 2.05) is 23.6 Å². The molecule has 0 aliphatic rings. The maximum Gasteiger partial charge on any atom is 0.335 e. The summed E-state index contributed by atoms with van der Waals surface area (Å²) in [5.41, 5.74) is 1.90. The molecule has 1 heterocycles. The Bertz CT molecular complexity index is 1110. The van der Waals surface area contributed by atoms with Crippen molar-refractivity contribution in [3.05, 3.63) is 76.7 Å². The third-order valence-corrected chi connectivity index (χ3v) is 5.84. The van der Waals surface area contributed by atoms with E-state index in [2.05, 4.69) is 0 Å². The van der Waals surface area contributed by atoms with E-state index in [0.717, 1.165) is 10.4 Å². The molecule has 0 saturated carbocycles. The van der Waals surface area contributed by atoms with Crippen LogP contribution in [0.1, 0.15) is 26.3 Å². The van der Waals surface area contributed by atoms with Crippen LogP contribution in [-0.4, -0.2) is 54.0 Å². The first kappa shape index (κ1) is 24.2. The first-order valence-electron chi connectivity index (χ1n) is 10.1. The number of thiophene rings is 1. The van der Waals surface area contributed by atoms with Crippen LogP contribution in [0.25, 0.3) is 16.5 Å². The van der Waals surface area contributed by atoms with Gasteiger partial charge < -0.3 is 24.8 Å². The second-order valence-corrected chi connectivity index (χ2v) is 8.14. The standard InChI is InChI=1S/C25H24O7S/c1-31-23-12-22(32-15-16(13-26)14-27)19(11-20(23)24-3-2-10-33-24)8-9-21(28)17-4-6-18(7-5-17)25(29)30/h2-12,16,26-27H,13-15H2,1H3,(H,29,30). The molecular weight excluding hydrogens is 444 g/mol. The van der Waals surface area contributed by atoms with Crippen molar-refractivity contribution in [1.82, 2.24) is 0 Å². The molecule has 7 nitrogen and oxygen atoms in total. The number of benzene rings is 2. The number of ether oxygens (including phenoxy) is 2. The average molecular weight is 469 g/mol. The molecule has 0 saturated heterocycles. The van der Waals surface area contributed by atoms with Crippen molar-refractivity contribution in [3.8, 4) is 21.9 Å². The fourth-order valence-electron chi connectivity index (χ4n) is 3.04. The van der Waals surface area contributed by atoms with Gasteiger partial charge >= 0.3 is 5.97 Å². The molecule has 3 rings (SSSR count). The molecule has 33 heavy (non-hydrogen) atoms. The summed E-state index contributed by atoms with van der Waals surface area (Å²) in [6, 6.07) is 13.1. The van der Waals surface area contributed by atoms with Crippen molar-refractivity contribution in [2.24, 2.45) is 5.92 Å². The summed E-state index contributed by atoms with van der Waals surface area (Å²) in [6.07, 6.45) is 3.00. The second kappa shape index (κ2) is 11.4. The quantitative estimate of drug-likeness (QED) is 0.288. The lowest BCUT2D eigenvalue weighted by Crippen LogP contribution is -2.20. The molecule has 0 unspecified atom stereocenters. The number of ketones is 1. The molecule has 0 radical (unpaired) electrons. The van der Waals surface area contributed by atoms with Crippen molar-refractivity contribution in [2.45, 2.75) is 0 Å². The van der Waals surface area contributed by atoms with E-state index < -0.39 is 11.9 Å². The number of rotatable bonds is 11. The number of carbonyl (C=O) groups is 2. The van der Waals surface area contributed by atoms with Gasteiger partial charge in [-0.15, -0.1) is 11.3 Å². The van der Waals surface area contributed by atoms with Crippen LogP contribution in [0.2, 0.25) is 0 Å². The maximum atomic E-state index is 12.6. The molecule has 0 aliphatic heterocycles. The van der Waals surface area contributed by atoms with Crippen LogP contribution < -0.4 is 9.47 Å². The molecule has 0 bridgehead atoms. The summed E-state index contributed by atoms with van der Waals surface area (Å²) in [5, 5.41) is 29.6. The molecule has 2 aromatic carbocycles. The number of carboxylic acid groups (broad SMARTS) is 1. The Morgan fingerprint density at radius 3 is 2.30 bits per heavy atom. The lowest BCUT2D eigenvalue weighted by atomic mass is 10.0. The molecule has 172 valence electrons. The topological polar surface area (TPSA) is 113 Å². The van der Waals surface area contributed by atoms with Gasteiger partial charge in [-0.25, -0.2) is 4.79 Å². The highest BCUT2D eigenvalue weighted by Crippen LogP contribution is 2.39. The van der Waals surface area contributed by atoms with Crippen LogP contribution >= 0.6 is 11.3 Å². The Balaban J connectivity index is 1.95. The number of hydrogen-bond donors (Lipinski definition) is 3. The number of carbonyl (C=O) groups excluding carboxylic acids is 1. The highest BCUT2D eigenvalue weighted by molar-refractivity contribution is 7.13. The summed E-state index contributed by atoms with van der Waals surface area (Å²) >= 11 is 1.54. The van der Waals surface area contributed by atoms with Crippen LogP contribution in [0.15, 0.2) is 60.0 Å². The van der Waals surface area contributed by atoms with Gasteiger partial charge in [0.2, 0.25) is 0 Å². The number of aromatic carboxylic acids is 1. The van der Waals surface area contributed by atoms with Gasteiger partial charge in [-0.05, 0) is 41.8 Å². The van der Waals surface area contributed by atoms with Gasteiger partial charge in [-0.2, -0.15) is 0 Å². The van der Waals surface area contributed by atoms with E-state index in [9.17, 15) is 19.8 Å². The van der Waals surface area contributed by atoms with Gasteiger partial charge in [-0.3, -0.25) is 4.79 Å². The smallest absolute Gasteiger partial charge is 0.335 e. The molecular formula is C25H24O7S. The minimum Gasteiger partial charge on any atom is -0.496 e. The number of hydrogen-bond acceptors (Lipinski definition) is 7. The van der Waals surface area contributed by atoms with E-state index in [-0.39, 0.29) is 31.2 Å². The number of aliphatic hydroxyl groups excluding tert-OH is 2. The van der Waals surface area contributed by atoms with Gasteiger partial charge in [0.1, 0.15) is 11.5 Å². The molecule has 0 amide bonds. The van der Waals surface area contributed by atoms with E-state index >= 15 is 0 Å². The summed E-state index contributed by atoms with van der Waals surface area (Å²) in [5.74, 6) is -0.780. The largest absolute Gasteiger partial charge is 0.496 e. The van der Waals surface area contributed by atoms with Gasteiger partial charge in [0.15, 0.2) is 5.78 Å². The molecule has 1 aromatic heterocycles. The zero-order chi connectivity index (χ0) is 23.8. The van der Waals surface area contributed by atoms with Crippen molar-refractivity contribution in [1.29, 1.82) is 0 Å². The van der Waals surface area contributed by atoms with E-state index in [1.165, 1.54) is 30.3 Å². The Kier molecular flexibility index (Phi) is 8.37. The lowest BCUT2D eigenvalue weighted by molar-refractivity contribution is 0.0696.